The number of aromatic nitrogens is 1. The van der Waals surface area contributed by atoms with Gasteiger partial charge in [-0.05, 0) is 48.9 Å². The molecule has 5 heteroatoms. The Hall–Kier alpha value is -2.95. The molecule has 0 aliphatic carbocycles. The van der Waals surface area contributed by atoms with Crippen LogP contribution in [-0.2, 0) is 4.74 Å². The average molecular weight is 310 g/mol. The highest BCUT2D eigenvalue weighted by molar-refractivity contribution is 5.96. The van der Waals surface area contributed by atoms with Crippen molar-refractivity contribution in [2.24, 2.45) is 0 Å². The van der Waals surface area contributed by atoms with Crippen molar-refractivity contribution in [2.75, 3.05) is 12.4 Å². The maximum Gasteiger partial charge on any atom is 0.338 e. The molecule has 0 bridgehead atoms. The predicted molar refractivity (Wildman–Crippen MR) is 87.5 cm³/mol. The summed E-state index contributed by atoms with van der Waals surface area (Å²) in [5, 5.41) is 3.92. The van der Waals surface area contributed by atoms with Gasteiger partial charge in [-0.15, -0.1) is 0 Å². The lowest BCUT2D eigenvalue weighted by atomic mass is 10.1. The van der Waals surface area contributed by atoms with Crippen LogP contribution in [0.2, 0.25) is 0 Å². The highest BCUT2D eigenvalue weighted by Gasteiger charge is 2.12. The minimum Gasteiger partial charge on any atom is -0.465 e. The van der Waals surface area contributed by atoms with Crippen LogP contribution in [0.4, 0.5) is 15.8 Å². The molecule has 2 aromatic carbocycles. The number of benzene rings is 2. The van der Waals surface area contributed by atoms with E-state index in [0.29, 0.717) is 16.5 Å². The first-order valence-electron chi connectivity index (χ1n) is 7.09. The molecule has 1 aromatic heterocycles. The van der Waals surface area contributed by atoms with Gasteiger partial charge in [0.25, 0.3) is 0 Å². The fraction of sp³-hybridized carbons (Fsp3) is 0.111. The van der Waals surface area contributed by atoms with E-state index < -0.39 is 5.97 Å². The Balaban J connectivity index is 2.06. The van der Waals surface area contributed by atoms with Crippen LogP contribution in [-0.4, -0.2) is 18.1 Å². The molecule has 3 aromatic rings. The number of halogens is 1. The maximum absolute atomic E-state index is 13.5. The van der Waals surface area contributed by atoms with Crippen molar-refractivity contribution >= 4 is 28.2 Å². The number of esters is 1. The number of hydrogen-bond donors (Lipinski definition) is 1. The Morgan fingerprint density at radius 3 is 2.78 bits per heavy atom. The highest BCUT2D eigenvalue weighted by atomic mass is 19.1. The minimum atomic E-state index is -0.392. The van der Waals surface area contributed by atoms with Gasteiger partial charge in [0.2, 0.25) is 0 Å². The zero-order valence-electron chi connectivity index (χ0n) is 12.8. The summed E-state index contributed by atoms with van der Waals surface area (Å²) in [6, 6.07) is 11.5. The Kier molecular flexibility index (Phi) is 3.93. The number of fused-ring (bicyclic) bond motifs is 1. The van der Waals surface area contributed by atoms with Crippen molar-refractivity contribution in [1.82, 2.24) is 4.98 Å². The second kappa shape index (κ2) is 6.04. The Morgan fingerprint density at radius 2 is 2.00 bits per heavy atom. The van der Waals surface area contributed by atoms with E-state index in [0.717, 1.165) is 16.9 Å². The zero-order chi connectivity index (χ0) is 16.4. The fourth-order valence-electron chi connectivity index (χ4n) is 2.47. The molecule has 0 atom stereocenters. The van der Waals surface area contributed by atoms with Crippen LogP contribution in [0.5, 0.6) is 0 Å². The van der Waals surface area contributed by atoms with E-state index in [-0.39, 0.29) is 5.82 Å². The number of carbonyl (C=O) groups excluding carboxylic acids is 1. The molecule has 0 amide bonds. The van der Waals surface area contributed by atoms with Crippen LogP contribution >= 0.6 is 0 Å². The summed E-state index contributed by atoms with van der Waals surface area (Å²) in [6.45, 7) is 1.83. The predicted octanol–water partition coefficient (Wildman–Crippen LogP) is 4.21. The number of carbonyl (C=O) groups is 1. The lowest BCUT2D eigenvalue weighted by Gasteiger charge is -2.14. The third-order valence-electron chi connectivity index (χ3n) is 3.71. The molecule has 23 heavy (non-hydrogen) atoms. The largest absolute Gasteiger partial charge is 0.465 e. The van der Waals surface area contributed by atoms with Crippen LogP contribution in [0.15, 0.2) is 48.7 Å². The van der Waals surface area contributed by atoms with Crippen LogP contribution in [0.1, 0.15) is 15.9 Å². The van der Waals surface area contributed by atoms with Gasteiger partial charge in [-0.25, -0.2) is 9.18 Å². The van der Waals surface area contributed by atoms with E-state index in [1.807, 2.05) is 13.0 Å². The third kappa shape index (κ3) is 2.85. The van der Waals surface area contributed by atoms with E-state index in [1.54, 1.807) is 30.5 Å². The molecule has 0 aliphatic rings. The van der Waals surface area contributed by atoms with E-state index in [9.17, 15) is 9.18 Å². The van der Waals surface area contributed by atoms with Gasteiger partial charge in [0.1, 0.15) is 5.82 Å². The molecule has 0 saturated carbocycles. The van der Waals surface area contributed by atoms with Gasteiger partial charge in [-0.3, -0.25) is 4.98 Å². The molecular formula is C18H15FN2O2. The fourth-order valence-corrected chi connectivity index (χ4v) is 2.47. The Labute approximate surface area is 132 Å². The number of ether oxygens (including phenoxy) is 1. The van der Waals surface area contributed by atoms with E-state index in [4.69, 9.17) is 4.74 Å². The number of rotatable bonds is 3. The molecule has 0 fully saturated rings. The van der Waals surface area contributed by atoms with Crippen LogP contribution < -0.4 is 5.32 Å². The summed E-state index contributed by atoms with van der Waals surface area (Å²) >= 11 is 0. The number of hydrogen-bond acceptors (Lipinski definition) is 4. The zero-order valence-corrected chi connectivity index (χ0v) is 12.8. The first-order chi connectivity index (χ1) is 11.1. The van der Waals surface area contributed by atoms with Crippen molar-refractivity contribution < 1.29 is 13.9 Å². The summed E-state index contributed by atoms with van der Waals surface area (Å²) in [6.07, 6.45) is 1.65. The molecular weight excluding hydrogens is 295 g/mol. The van der Waals surface area contributed by atoms with E-state index >= 15 is 0 Å². The molecule has 0 spiro atoms. The summed E-state index contributed by atoms with van der Waals surface area (Å²) < 4.78 is 18.3. The molecule has 116 valence electrons. The number of methoxy groups -OCH3 is 1. The molecule has 1 heterocycles. The topological polar surface area (TPSA) is 51.2 Å². The van der Waals surface area contributed by atoms with Crippen molar-refractivity contribution in [1.29, 1.82) is 0 Å². The van der Waals surface area contributed by atoms with Gasteiger partial charge in [0, 0.05) is 23.0 Å². The lowest BCUT2D eigenvalue weighted by molar-refractivity contribution is 0.0600. The smallest absolute Gasteiger partial charge is 0.338 e. The second-order valence-electron chi connectivity index (χ2n) is 5.11. The third-order valence-corrected chi connectivity index (χ3v) is 3.71. The Morgan fingerprint density at radius 1 is 1.17 bits per heavy atom. The molecule has 0 radical (unpaired) electrons. The number of anilines is 2. The average Bonchev–Trinajstić information content (AvgIpc) is 2.56. The van der Waals surface area contributed by atoms with Gasteiger partial charge < -0.3 is 10.1 Å². The monoisotopic (exact) mass is 310 g/mol. The Bertz CT molecular complexity index is 893. The summed E-state index contributed by atoms with van der Waals surface area (Å²) in [4.78, 5) is 16.0. The molecule has 4 nitrogen and oxygen atoms in total. The van der Waals surface area contributed by atoms with Crippen molar-refractivity contribution in [3.05, 3.63) is 65.6 Å². The molecule has 0 saturated heterocycles. The van der Waals surface area contributed by atoms with E-state index in [1.165, 1.54) is 19.2 Å². The SMILES string of the molecule is COC(=O)c1cccc(Nc2ccnc3ccc(F)cc23)c1C. The molecule has 1 N–H and O–H groups in total. The van der Waals surface area contributed by atoms with E-state index in [2.05, 4.69) is 10.3 Å². The van der Waals surface area contributed by atoms with Crippen molar-refractivity contribution in [3.63, 3.8) is 0 Å². The van der Waals surface area contributed by atoms with Crippen LogP contribution in [0, 0.1) is 12.7 Å². The van der Waals surface area contributed by atoms with Gasteiger partial charge in [0.15, 0.2) is 0 Å². The number of nitrogens with zero attached hydrogens (tertiary/aromatic N) is 1. The van der Waals surface area contributed by atoms with Crippen LogP contribution in [0.3, 0.4) is 0 Å². The highest BCUT2D eigenvalue weighted by Crippen LogP contribution is 2.28. The first-order valence-corrected chi connectivity index (χ1v) is 7.09. The van der Waals surface area contributed by atoms with Gasteiger partial charge in [-0.2, -0.15) is 0 Å². The lowest BCUT2D eigenvalue weighted by Crippen LogP contribution is -2.05. The van der Waals surface area contributed by atoms with Crippen LogP contribution in [0.25, 0.3) is 10.9 Å². The molecule has 3 rings (SSSR count). The van der Waals surface area contributed by atoms with Crippen molar-refractivity contribution in [2.45, 2.75) is 6.92 Å². The quantitative estimate of drug-likeness (QED) is 0.736. The molecule has 0 aliphatic heterocycles. The standard InChI is InChI=1S/C18H15FN2O2/c1-11-13(18(22)23-2)4-3-5-15(11)21-17-8-9-20-16-7-6-12(19)10-14(16)17/h3-10H,1-2H3,(H,20,21). The molecule has 0 unspecified atom stereocenters. The van der Waals surface area contributed by atoms with Gasteiger partial charge >= 0.3 is 5.97 Å². The first kappa shape index (κ1) is 15.0. The van der Waals surface area contributed by atoms with Gasteiger partial charge in [-0.1, -0.05) is 6.07 Å². The number of nitrogens with one attached hydrogen (secondary N) is 1. The summed E-state index contributed by atoms with van der Waals surface area (Å²) in [5.74, 6) is -0.717. The van der Waals surface area contributed by atoms with Crippen molar-refractivity contribution in [3.8, 4) is 0 Å². The van der Waals surface area contributed by atoms with Gasteiger partial charge in [0.05, 0.1) is 18.2 Å². The second-order valence-corrected chi connectivity index (χ2v) is 5.11. The number of pyridine rings is 1. The summed E-state index contributed by atoms with van der Waals surface area (Å²) in [5.41, 5.74) is 3.42. The minimum absolute atomic E-state index is 0.325. The maximum atomic E-state index is 13.5. The summed E-state index contributed by atoms with van der Waals surface area (Å²) in [7, 11) is 1.35. The normalized spacial score (nSPS) is 10.6.